The highest BCUT2D eigenvalue weighted by Gasteiger charge is 2.22. The van der Waals surface area contributed by atoms with Crippen molar-refractivity contribution in [2.24, 2.45) is 0 Å². The Balaban J connectivity index is 1.85. The third kappa shape index (κ3) is 3.67. The molecule has 1 fully saturated rings. The van der Waals surface area contributed by atoms with Crippen LogP contribution < -0.4 is 4.74 Å². The number of hydrogen-bond donors (Lipinski definition) is 0. The van der Waals surface area contributed by atoms with E-state index in [4.69, 9.17) is 9.47 Å². The van der Waals surface area contributed by atoms with Gasteiger partial charge in [-0.25, -0.2) is 4.98 Å². The first-order valence-electron chi connectivity index (χ1n) is 6.26. The fourth-order valence-corrected chi connectivity index (χ4v) is 2.34. The highest BCUT2D eigenvalue weighted by atomic mass is 79.9. The molecular weight excluding hydrogens is 296 g/mol. The molecular formula is C13H19BrN2O2. The Morgan fingerprint density at radius 3 is 3.17 bits per heavy atom. The lowest BCUT2D eigenvalue weighted by atomic mass is 10.2. The molecule has 1 aromatic rings. The fraction of sp³-hybridized carbons (Fsp3) is 0.615. The molecule has 2 rings (SSSR count). The molecule has 0 aromatic carbocycles. The molecule has 1 aliphatic rings. The molecule has 0 bridgehead atoms. The van der Waals surface area contributed by atoms with Crippen LogP contribution in [0.5, 0.6) is 5.75 Å². The van der Waals surface area contributed by atoms with Crippen molar-refractivity contribution in [3.63, 3.8) is 0 Å². The zero-order valence-electron chi connectivity index (χ0n) is 10.8. The van der Waals surface area contributed by atoms with Gasteiger partial charge in [0.25, 0.3) is 0 Å². The first kappa shape index (κ1) is 13.8. The molecule has 0 aliphatic carbocycles. The SMILES string of the molecule is CC(C)N1CCOC(COc2cccnc2Br)C1. The lowest BCUT2D eigenvalue weighted by Crippen LogP contribution is -2.47. The van der Waals surface area contributed by atoms with Crippen LogP contribution in [0.4, 0.5) is 0 Å². The molecule has 0 spiro atoms. The molecule has 0 N–H and O–H groups in total. The van der Waals surface area contributed by atoms with Gasteiger partial charge in [0.1, 0.15) is 17.3 Å². The van der Waals surface area contributed by atoms with Crippen molar-refractivity contribution in [2.75, 3.05) is 26.3 Å². The van der Waals surface area contributed by atoms with Crippen LogP contribution in [-0.4, -0.2) is 48.3 Å². The summed E-state index contributed by atoms with van der Waals surface area (Å²) in [5.41, 5.74) is 0. The van der Waals surface area contributed by atoms with Gasteiger partial charge in [0.05, 0.1) is 6.61 Å². The average molecular weight is 315 g/mol. The topological polar surface area (TPSA) is 34.6 Å². The first-order chi connectivity index (χ1) is 8.66. The zero-order valence-corrected chi connectivity index (χ0v) is 12.4. The summed E-state index contributed by atoms with van der Waals surface area (Å²) >= 11 is 3.37. The van der Waals surface area contributed by atoms with Crippen LogP contribution in [0.25, 0.3) is 0 Å². The fourth-order valence-electron chi connectivity index (χ4n) is 1.97. The molecule has 4 nitrogen and oxygen atoms in total. The number of morpholine rings is 1. The summed E-state index contributed by atoms with van der Waals surface area (Å²) in [5, 5.41) is 0. The van der Waals surface area contributed by atoms with E-state index in [1.54, 1.807) is 6.20 Å². The van der Waals surface area contributed by atoms with Crippen molar-refractivity contribution >= 4 is 15.9 Å². The number of aromatic nitrogens is 1. The lowest BCUT2D eigenvalue weighted by Gasteiger charge is -2.35. The van der Waals surface area contributed by atoms with Crippen LogP contribution in [0.1, 0.15) is 13.8 Å². The lowest BCUT2D eigenvalue weighted by molar-refractivity contribution is -0.0565. The van der Waals surface area contributed by atoms with Gasteiger partial charge in [-0.2, -0.15) is 0 Å². The van der Waals surface area contributed by atoms with E-state index < -0.39 is 0 Å². The number of ether oxygens (including phenoxy) is 2. The molecule has 1 atom stereocenters. The quantitative estimate of drug-likeness (QED) is 0.799. The minimum Gasteiger partial charge on any atom is -0.488 e. The maximum Gasteiger partial charge on any atom is 0.152 e. The van der Waals surface area contributed by atoms with E-state index in [2.05, 4.69) is 39.7 Å². The van der Waals surface area contributed by atoms with Crippen LogP contribution >= 0.6 is 15.9 Å². The second kappa shape index (κ2) is 6.50. The second-order valence-corrected chi connectivity index (χ2v) is 5.44. The normalized spacial score (nSPS) is 21.2. The molecule has 100 valence electrons. The molecule has 0 radical (unpaired) electrons. The standard InChI is InChI=1S/C13H19BrN2O2/c1-10(2)16-6-7-17-11(8-16)9-18-12-4-3-5-15-13(12)14/h3-5,10-11H,6-9H2,1-2H3. The zero-order chi connectivity index (χ0) is 13.0. The first-order valence-corrected chi connectivity index (χ1v) is 7.05. The summed E-state index contributed by atoms with van der Waals surface area (Å²) in [6.07, 6.45) is 1.86. The van der Waals surface area contributed by atoms with Gasteiger partial charge in [-0.3, -0.25) is 4.90 Å². The van der Waals surface area contributed by atoms with Gasteiger partial charge in [-0.1, -0.05) is 0 Å². The molecule has 0 saturated carbocycles. The van der Waals surface area contributed by atoms with Crippen molar-refractivity contribution in [3.8, 4) is 5.75 Å². The van der Waals surface area contributed by atoms with Gasteiger partial charge in [-0.05, 0) is 41.9 Å². The van der Waals surface area contributed by atoms with Crippen LogP contribution in [0.2, 0.25) is 0 Å². The predicted molar refractivity (Wildman–Crippen MR) is 73.9 cm³/mol. The summed E-state index contributed by atoms with van der Waals surface area (Å²) in [5.74, 6) is 0.766. The molecule has 1 aromatic heterocycles. The van der Waals surface area contributed by atoms with Crippen molar-refractivity contribution in [1.29, 1.82) is 0 Å². The van der Waals surface area contributed by atoms with Crippen LogP contribution in [-0.2, 0) is 4.74 Å². The number of hydrogen-bond acceptors (Lipinski definition) is 4. The minimum atomic E-state index is 0.133. The van der Waals surface area contributed by atoms with E-state index in [0.29, 0.717) is 12.6 Å². The van der Waals surface area contributed by atoms with Crippen molar-refractivity contribution < 1.29 is 9.47 Å². The second-order valence-electron chi connectivity index (χ2n) is 4.68. The van der Waals surface area contributed by atoms with E-state index >= 15 is 0 Å². The van der Waals surface area contributed by atoms with Crippen LogP contribution in [0, 0.1) is 0 Å². The Hall–Kier alpha value is -0.650. The van der Waals surface area contributed by atoms with Gasteiger partial charge < -0.3 is 9.47 Å². The Labute approximate surface area is 116 Å². The number of rotatable bonds is 4. The third-order valence-corrected chi connectivity index (χ3v) is 3.65. The molecule has 1 saturated heterocycles. The molecule has 18 heavy (non-hydrogen) atoms. The highest BCUT2D eigenvalue weighted by molar-refractivity contribution is 9.10. The van der Waals surface area contributed by atoms with Gasteiger partial charge in [0, 0.05) is 25.3 Å². The number of pyridine rings is 1. The van der Waals surface area contributed by atoms with Gasteiger partial charge in [-0.15, -0.1) is 0 Å². The smallest absolute Gasteiger partial charge is 0.152 e. The maximum atomic E-state index is 5.74. The highest BCUT2D eigenvalue weighted by Crippen LogP contribution is 2.21. The summed E-state index contributed by atoms with van der Waals surface area (Å²) in [6, 6.07) is 4.32. The minimum absolute atomic E-state index is 0.133. The number of nitrogens with zero attached hydrogens (tertiary/aromatic N) is 2. The molecule has 1 unspecified atom stereocenters. The van der Waals surface area contributed by atoms with Gasteiger partial charge in [0.15, 0.2) is 5.75 Å². The van der Waals surface area contributed by atoms with Gasteiger partial charge >= 0.3 is 0 Å². The summed E-state index contributed by atoms with van der Waals surface area (Å²) in [4.78, 5) is 6.54. The van der Waals surface area contributed by atoms with E-state index in [1.807, 2.05) is 12.1 Å². The van der Waals surface area contributed by atoms with E-state index in [9.17, 15) is 0 Å². The van der Waals surface area contributed by atoms with E-state index in [-0.39, 0.29) is 6.10 Å². The predicted octanol–water partition coefficient (Wildman–Crippen LogP) is 2.33. The third-order valence-electron chi connectivity index (χ3n) is 3.05. The van der Waals surface area contributed by atoms with Gasteiger partial charge in [0.2, 0.25) is 0 Å². The van der Waals surface area contributed by atoms with E-state index in [0.717, 1.165) is 30.0 Å². The molecule has 1 aliphatic heterocycles. The maximum absolute atomic E-state index is 5.74. The van der Waals surface area contributed by atoms with Crippen molar-refractivity contribution in [3.05, 3.63) is 22.9 Å². The summed E-state index contributed by atoms with van der Waals surface area (Å²) in [7, 11) is 0. The monoisotopic (exact) mass is 314 g/mol. The molecule has 5 heteroatoms. The van der Waals surface area contributed by atoms with Crippen molar-refractivity contribution in [2.45, 2.75) is 26.0 Å². The van der Waals surface area contributed by atoms with Crippen molar-refractivity contribution in [1.82, 2.24) is 9.88 Å². The van der Waals surface area contributed by atoms with Crippen LogP contribution in [0.15, 0.2) is 22.9 Å². The average Bonchev–Trinajstić information content (AvgIpc) is 2.38. The molecule has 0 amide bonds. The molecule has 2 heterocycles. The summed E-state index contributed by atoms with van der Waals surface area (Å²) in [6.45, 7) is 7.69. The van der Waals surface area contributed by atoms with Crippen LogP contribution in [0.3, 0.4) is 0 Å². The Morgan fingerprint density at radius 1 is 1.61 bits per heavy atom. The van der Waals surface area contributed by atoms with E-state index in [1.165, 1.54) is 0 Å². The Kier molecular flexibility index (Phi) is 4.97. The Bertz CT molecular complexity index is 387. The summed E-state index contributed by atoms with van der Waals surface area (Å²) < 4.78 is 12.2. The number of halogens is 1. The Morgan fingerprint density at radius 2 is 2.44 bits per heavy atom. The largest absolute Gasteiger partial charge is 0.488 e.